The Labute approximate surface area is 101 Å². The number of anilines is 1. The largest absolute Gasteiger partial charge is 0.505 e. The third-order valence-corrected chi connectivity index (χ3v) is 3.35. The molecule has 0 unspecified atom stereocenters. The fraction of sp³-hybridized carbons (Fsp3) is 0.462. The first-order valence-electron chi connectivity index (χ1n) is 5.89. The Morgan fingerprint density at radius 3 is 2.88 bits per heavy atom. The van der Waals surface area contributed by atoms with E-state index >= 15 is 0 Å². The minimum absolute atomic E-state index is 0.0186. The van der Waals surface area contributed by atoms with Gasteiger partial charge in [0.25, 0.3) is 0 Å². The number of nitrogens with one attached hydrogen (secondary N) is 2. The van der Waals surface area contributed by atoms with Crippen LogP contribution >= 0.6 is 0 Å². The molecule has 0 bridgehead atoms. The number of aromatic hydroxyl groups is 1. The molecule has 1 heterocycles. The van der Waals surface area contributed by atoms with Crippen LogP contribution in [-0.2, 0) is 4.79 Å². The number of para-hydroxylation sites is 1. The standard InChI is InChI=1S/C13H18N2O2/c1-8-4-3-5-11(12(8)16)15-13(17)10-7-14-6-9(10)2/h3-5,9-10,14,16H,6-7H2,1-2H3,(H,15,17)/t9-,10-/m1/s1. The number of phenolic OH excluding ortho intramolecular Hbond substituents is 1. The van der Waals surface area contributed by atoms with E-state index in [1.165, 1.54) is 0 Å². The summed E-state index contributed by atoms with van der Waals surface area (Å²) in [7, 11) is 0. The molecule has 0 aliphatic carbocycles. The summed E-state index contributed by atoms with van der Waals surface area (Å²) in [4.78, 5) is 12.0. The van der Waals surface area contributed by atoms with Crippen LogP contribution in [0.2, 0.25) is 0 Å². The molecule has 92 valence electrons. The molecule has 0 aromatic heterocycles. The normalized spacial score (nSPS) is 23.6. The summed E-state index contributed by atoms with van der Waals surface area (Å²) in [6.45, 7) is 5.45. The van der Waals surface area contributed by atoms with Gasteiger partial charge in [0, 0.05) is 6.54 Å². The van der Waals surface area contributed by atoms with Gasteiger partial charge in [-0.1, -0.05) is 19.1 Å². The van der Waals surface area contributed by atoms with Gasteiger partial charge < -0.3 is 15.7 Å². The summed E-state index contributed by atoms with van der Waals surface area (Å²) in [6.07, 6.45) is 0. The highest BCUT2D eigenvalue weighted by Gasteiger charge is 2.29. The van der Waals surface area contributed by atoms with Gasteiger partial charge in [0.15, 0.2) is 0 Å². The van der Waals surface area contributed by atoms with Crippen LogP contribution in [0.5, 0.6) is 5.75 Å². The highest BCUT2D eigenvalue weighted by molar-refractivity contribution is 5.94. The molecule has 4 heteroatoms. The first kappa shape index (κ1) is 11.9. The minimum Gasteiger partial charge on any atom is -0.505 e. The van der Waals surface area contributed by atoms with Crippen molar-refractivity contribution in [2.24, 2.45) is 11.8 Å². The Bertz CT molecular complexity index is 431. The molecule has 1 aromatic rings. The van der Waals surface area contributed by atoms with E-state index in [2.05, 4.69) is 17.6 Å². The van der Waals surface area contributed by atoms with Crippen molar-refractivity contribution in [2.75, 3.05) is 18.4 Å². The average Bonchev–Trinajstić information content (AvgIpc) is 2.71. The first-order valence-corrected chi connectivity index (χ1v) is 5.89. The van der Waals surface area contributed by atoms with E-state index in [-0.39, 0.29) is 17.6 Å². The Balaban J connectivity index is 2.10. The number of rotatable bonds is 2. The molecule has 3 N–H and O–H groups in total. The van der Waals surface area contributed by atoms with Crippen molar-refractivity contribution in [1.29, 1.82) is 0 Å². The highest BCUT2D eigenvalue weighted by atomic mass is 16.3. The molecule has 0 radical (unpaired) electrons. The summed E-state index contributed by atoms with van der Waals surface area (Å²) in [6, 6.07) is 5.35. The molecule has 1 aromatic carbocycles. The summed E-state index contributed by atoms with van der Waals surface area (Å²) < 4.78 is 0. The van der Waals surface area contributed by atoms with Gasteiger partial charge >= 0.3 is 0 Å². The SMILES string of the molecule is Cc1cccc(NC(=O)[C@@H]2CNC[C@H]2C)c1O. The number of phenols is 1. The fourth-order valence-electron chi connectivity index (χ4n) is 2.15. The molecular weight excluding hydrogens is 216 g/mol. The summed E-state index contributed by atoms with van der Waals surface area (Å²) in [5, 5.41) is 15.8. The van der Waals surface area contributed by atoms with Crippen molar-refractivity contribution in [1.82, 2.24) is 5.32 Å². The van der Waals surface area contributed by atoms with Crippen LogP contribution in [-0.4, -0.2) is 24.1 Å². The number of carbonyl (C=O) groups excluding carboxylic acids is 1. The summed E-state index contributed by atoms with van der Waals surface area (Å²) >= 11 is 0. The molecule has 1 amide bonds. The van der Waals surface area contributed by atoms with Crippen LogP contribution in [0, 0.1) is 18.8 Å². The predicted molar refractivity (Wildman–Crippen MR) is 67.0 cm³/mol. The number of amides is 1. The molecule has 2 rings (SSSR count). The summed E-state index contributed by atoms with van der Waals surface area (Å²) in [5.41, 5.74) is 1.26. The van der Waals surface area contributed by atoms with E-state index in [9.17, 15) is 9.90 Å². The van der Waals surface area contributed by atoms with Crippen LogP contribution in [0.25, 0.3) is 0 Å². The Morgan fingerprint density at radius 1 is 1.47 bits per heavy atom. The molecule has 1 aliphatic rings. The second kappa shape index (κ2) is 4.75. The number of carbonyl (C=O) groups is 1. The van der Waals surface area contributed by atoms with E-state index in [0.717, 1.165) is 12.1 Å². The Kier molecular flexibility index (Phi) is 3.33. The Morgan fingerprint density at radius 2 is 2.24 bits per heavy atom. The minimum atomic E-state index is -0.0246. The van der Waals surface area contributed by atoms with Gasteiger partial charge in [0.2, 0.25) is 5.91 Å². The van der Waals surface area contributed by atoms with E-state index in [1.807, 2.05) is 19.1 Å². The summed E-state index contributed by atoms with van der Waals surface area (Å²) in [5.74, 6) is 0.444. The third kappa shape index (κ3) is 2.42. The lowest BCUT2D eigenvalue weighted by molar-refractivity contribution is -0.120. The van der Waals surface area contributed by atoms with Gasteiger partial charge in [-0.15, -0.1) is 0 Å². The molecule has 0 spiro atoms. The lowest BCUT2D eigenvalue weighted by atomic mass is 9.97. The quantitative estimate of drug-likeness (QED) is 0.679. The van der Waals surface area contributed by atoms with Crippen LogP contribution < -0.4 is 10.6 Å². The van der Waals surface area contributed by atoms with Crippen LogP contribution in [0.3, 0.4) is 0 Å². The van der Waals surface area contributed by atoms with Crippen LogP contribution in [0.15, 0.2) is 18.2 Å². The Hall–Kier alpha value is -1.55. The number of hydrogen-bond donors (Lipinski definition) is 3. The number of hydrogen-bond acceptors (Lipinski definition) is 3. The van der Waals surface area contributed by atoms with E-state index in [0.29, 0.717) is 18.2 Å². The molecule has 1 fully saturated rings. The van der Waals surface area contributed by atoms with Gasteiger partial charge in [-0.3, -0.25) is 4.79 Å². The lowest BCUT2D eigenvalue weighted by Crippen LogP contribution is -2.27. The molecule has 1 aliphatic heterocycles. The van der Waals surface area contributed by atoms with Gasteiger partial charge in [-0.2, -0.15) is 0 Å². The van der Waals surface area contributed by atoms with Gasteiger partial charge in [-0.05, 0) is 31.0 Å². The maximum absolute atomic E-state index is 12.0. The maximum Gasteiger partial charge on any atom is 0.229 e. The monoisotopic (exact) mass is 234 g/mol. The zero-order valence-electron chi connectivity index (χ0n) is 10.2. The van der Waals surface area contributed by atoms with Crippen molar-refractivity contribution in [3.8, 4) is 5.75 Å². The average molecular weight is 234 g/mol. The third-order valence-electron chi connectivity index (χ3n) is 3.35. The molecule has 17 heavy (non-hydrogen) atoms. The molecule has 1 saturated heterocycles. The first-order chi connectivity index (χ1) is 8.09. The van der Waals surface area contributed by atoms with E-state index in [4.69, 9.17) is 0 Å². The molecule has 4 nitrogen and oxygen atoms in total. The van der Waals surface area contributed by atoms with Crippen molar-refractivity contribution in [3.05, 3.63) is 23.8 Å². The second-order valence-electron chi connectivity index (χ2n) is 4.70. The topological polar surface area (TPSA) is 61.4 Å². The van der Waals surface area contributed by atoms with Crippen LogP contribution in [0.1, 0.15) is 12.5 Å². The molecular formula is C13H18N2O2. The van der Waals surface area contributed by atoms with Crippen molar-refractivity contribution in [3.63, 3.8) is 0 Å². The number of aryl methyl sites for hydroxylation is 1. The second-order valence-corrected chi connectivity index (χ2v) is 4.70. The fourth-order valence-corrected chi connectivity index (χ4v) is 2.15. The predicted octanol–water partition coefficient (Wildman–Crippen LogP) is 1.49. The van der Waals surface area contributed by atoms with Crippen molar-refractivity contribution in [2.45, 2.75) is 13.8 Å². The van der Waals surface area contributed by atoms with E-state index in [1.54, 1.807) is 6.07 Å². The molecule has 0 saturated carbocycles. The van der Waals surface area contributed by atoms with E-state index < -0.39 is 0 Å². The lowest BCUT2D eigenvalue weighted by Gasteiger charge is -2.15. The van der Waals surface area contributed by atoms with Gasteiger partial charge in [-0.25, -0.2) is 0 Å². The number of benzene rings is 1. The van der Waals surface area contributed by atoms with Gasteiger partial charge in [0.1, 0.15) is 5.75 Å². The smallest absolute Gasteiger partial charge is 0.229 e. The molecule has 2 atom stereocenters. The zero-order chi connectivity index (χ0) is 12.4. The van der Waals surface area contributed by atoms with Crippen molar-refractivity contribution >= 4 is 11.6 Å². The maximum atomic E-state index is 12.0. The van der Waals surface area contributed by atoms with Crippen LogP contribution in [0.4, 0.5) is 5.69 Å². The highest BCUT2D eigenvalue weighted by Crippen LogP contribution is 2.28. The zero-order valence-corrected chi connectivity index (χ0v) is 10.2. The van der Waals surface area contributed by atoms with Crippen molar-refractivity contribution < 1.29 is 9.90 Å². The van der Waals surface area contributed by atoms with Gasteiger partial charge in [0.05, 0.1) is 11.6 Å².